The van der Waals surface area contributed by atoms with E-state index in [0.717, 1.165) is 24.3 Å². The Bertz CT molecular complexity index is 613. The first kappa shape index (κ1) is 19.7. The summed E-state index contributed by atoms with van der Waals surface area (Å²) in [6, 6.07) is 1.72. The van der Waals surface area contributed by atoms with Crippen molar-refractivity contribution in [2.75, 3.05) is 19.6 Å². The number of nitrogens with zero attached hydrogens (tertiary/aromatic N) is 1. The van der Waals surface area contributed by atoms with Gasteiger partial charge < -0.3 is 20.1 Å². The number of hydrogen-bond donors (Lipinski definition) is 2. The second kappa shape index (κ2) is 7.74. The molecule has 0 spiro atoms. The molecule has 1 fully saturated rings. The molecule has 0 atom stereocenters. The van der Waals surface area contributed by atoms with Gasteiger partial charge in [-0.25, -0.2) is 9.59 Å². The number of aromatic carboxylic acids is 1. The molecule has 1 aromatic rings. The average molecular weight is 368 g/mol. The Hall–Kier alpha value is -1.60. The number of amides is 1. The number of rotatable bonds is 5. The highest BCUT2D eigenvalue weighted by Crippen LogP contribution is 2.31. The Labute approximate surface area is 153 Å². The van der Waals surface area contributed by atoms with Crippen molar-refractivity contribution in [3.8, 4) is 0 Å². The first-order valence-electron chi connectivity index (χ1n) is 8.57. The highest BCUT2D eigenvalue weighted by Gasteiger charge is 2.33. The third-order valence-electron chi connectivity index (χ3n) is 4.37. The molecule has 1 aromatic heterocycles. The molecule has 0 aromatic carbocycles. The minimum atomic E-state index is -0.885. The van der Waals surface area contributed by atoms with Gasteiger partial charge in [0.25, 0.3) is 0 Å². The number of carboxylic acids is 1. The van der Waals surface area contributed by atoms with Crippen LogP contribution in [0.5, 0.6) is 0 Å². The van der Waals surface area contributed by atoms with Crippen LogP contribution in [0.3, 0.4) is 0 Å². The first-order valence-corrected chi connectivity index (χ1v) is 9.45. The molecule has 7 heteroatoms. The fourth-order valence-electron chi connectivity index (χ4n) is 2.81. The van der Waals surface area contributed by atoms with Crippen LogP contribution in [0, 0.1) is 5.41 Å². The maximum absolute atomic E-state index is 12.1. The number of piperidine rings is 1. The smallest absolute Gasteiger partial charge is 0.410 e. The molecule has 25 heavy (non-hydrogen) atoms. The molecule has 1 saturated heterocycles. The van der Waals surface area contributed by atoms with Crippen LogP contribution in [-0.2, 0) is 11.3 Å². The molecular formula is C18H28N2O4S. The summed E-state index contributed by atoms with van der Waals surface area (Å²) < 4.78 is 5.43. The number of hydrogen-bond acceptors (Lipinski definition) is 5. The van der Waals surface area contributed by atoms with Gasteiger partial charge in [-0.3, -0.25) is 0 Å². The van der Waals surface area contributed by atoms with Crippen LogP contribution in [0.2, 0.25) is 0 Å². The van der Waals surface area contributed by atoms with Crippen molar-refractivity contribution in [2.45, 2.75) is 52.7 Å². The monoisotopic (exact) mass is 368 g/mol. The lowest BCUT2D eigenvalue weighted by molar-refractivity contribution is 0.0119. The van der Waals surface area contributed by atoms with Crippen molar-refractivity contribution in [3.63, 3.8) is 0 Å². The van der Waals surface area contributed by atoms with Gasteiger partial charge in [0.05, 0.1) is 5.56 Å². The van der Waals surface area contributed by atoms with E-state index in [1.165, 1.54) is 11.3 Å². The van der Waals surface area contributed by atoms with Crippen molar-refractivity contribution >= 4 is 23.4 Å². The van der Waals surface area contributed by atoms with Gasteiger partial charge in [-0.1, -0.05) is 6.92 Å². The summed E-state index contributed by atoms with van der Waals surface area (Å²) in [7, 11) is 0. The lowest BCUT2D eigenvalue weighted by Gasteiger charge is -2.39. The Balaban J connectivity index is 1.76. The van der Waals surface area contributed by atoms with Crippen LogP contribution in [0.15, 0.2) is 11.4 Å². The van der Waals surface area contributed by atoms with Crippen LogP contribution < -0.4 is 5.32 Å². The summed E-state index contributed by atoms with van der Waals surface area (Å²) in [5.74, 6) is -0.885. The van der Waals surface area contributed by atoms with Crippen molar-refractivity contribution in [1.29, 1.82) is 0 Å². The van der Waals surface area contributed by atoms with Crippen LogP contribution in [0.4, 0.5) is 4.79 Å². The van der Waals surface area contributed by atoms with E-state index in [0.29, 0.717) is 25.2 Å². The molecule has 0 aliphatic carbocycles. The van der Waals surface area contributed by atoms with E-state index in [1.807, 2.05) is 20.8 Å². The van der Waals surface area contributed by atoms with E-state index >= 15 is 0 Å². The lowest BCUT2D eigenvalue weighted by Crippen LogP contribution is -2.47. The van der Waals surface area contributed by atoms with Crippen molar-refractivity contribution in [3.05, 3.63) is 21.9 Å². The SMILES string of the molecule is CC1(CNCc2cc(C(=O)O)cs2)CCN(C(=O)OC(C)(C)C)CC1. The summed E-state index contributed by atoms with van der Waals surface area (Å²) >= 11 is 1.46. The second-order valence-corrected chi connectivity index (χ2v) is 8.98. The highest BCUT2D eigenvalue weighted by atomic mass is 32.1. The molecule has 6 nitrogen and oxygen atoms in total. The molecule has 1 aliphatic rings. The number of nitrogens with one attached hydrogen (secondary N) is 1. The molecule has 140 valence electrons. The van der Waals surface area contributed by atoms with E-state index in [-0.39, 0.29) is 11.5 Å². The third kappa shape index (κ3) is 6.01. The maximum atomic E-state index is 12.1. The molecular weight excluding hydrogens is 340 g/mol. The van der Waals surface area contributed by atoms with E-state index in [4.69, 9.17) is 9.84 Å². The standard InChI is InChI=1S/C18H28N2O4S/c1-17(2,3)24-16(23)20-7-5-18(4,6-8-20)12-19-10-14-9-13(11-25-14)15(21)22/h9,11,19H,5-8,10,12H2,1-4H3,(H,21,22). The summed E-state index contributed by atoms with van der Waals surface area (Å²) in [5, 5.41) is 14.0. The molecule has 0 bridgehead atoms. The maximum Gasteiger partial charge on any atom is 0.410 e. The predicted molar refractivity (Wildman–Crippen MR) is 98.1 cm³/mol. The van der Waals surface area contributed by atoms with E-state index in [1.54, 1.807) is 16.3 Å². The Morgan fingerprint density at radius 2 is 2.00 bits per heavy atom. The number of carbonyl (C=O) groups is 2. The van der Waals surface area contributed by atoms with E-state index in [9.17, 15) is 9.59 Å². The quantitative estimate of drug-likeness (QED) is 0.830. The number of ether oxygens (including phenoxy) is 1. The number of carboxylic acid groups (broad SMARTS) is 1. The van der Waals surface area contributed by atoms with Crippen molar-refractivity contribution < 1.29 is 19.4 Å². The molecule has 2 heterocycles. The Morgan fingerprint density at radius 1 is 1.36 bits per heavy atom. The summed E-state index contributed by atoms with van der Waals surface area (Å²) in [6.07, 6.45) is 1.61. The second-order valence-electron chi connectivity index (χ2n) is 7.99. The zero-order valence-electron chi connectivity index (χ0n) is 15.4. The molecule has 1 amide bonds. The molecule has 2 N–H and O–H groups in total. The van der Waals surface area contributed by atoms with Gasteiger partial charge >= 0.3 is 12.1 Å². The van der Waals surface area contributed by atoms with Crippen molar-refractivity contribution in [1.82, 2.24) is 10.2 Å². The van der Waals surface area contributed by atoms with Gasteiger partial charge in [-0.05, 0) is 45.1 Å². The zero-order valence-corrected chi connectivity index (χ0v) is 16.2. The molecule has 0 saturated carbocycles. The molecule has 2 rings (SSSR count). The van der Waals surface area contributed by atoms with Crippen molar-refractivity contribution in [2.24, 2.45) is 5.41 Å². The van der Waals surface area contributed by atoms with Crippen LogP contribution >= 0.6 is 11.3 Å². The van der Waals surface area contributed by atoms with Gasteiger partial charge in [0.1, 0.15) is 5.60 Å². The average Bonchev–Trinajstić information content (AvgIpc) is 2.95. The van der Waals surface area contributed by atoms with Gasteiger partial charge in [-0.15, -0.1) is 11.3 Å². The molecule has 0 unspecified atom stereocenters. The normalized spacial score (nSPS) is 17.4. The summed E-state index contributed by atoms with van der Waals surface area (Å²) in [4.78, 5) is 25.8. The minimum absolute atomic E-state index is 0.130. The Morgan fingerprint density at radius 3 is 2.52 bits per heavy atom. The molecule has 1 aliphatic heterocycles. The van der Waals surface area contributed by atoms with Crippen LogP contribution in [0.25, 0.3) is 0 Å². The van der Waals surface area contributed by atoms with Crippen LogP contribution in [0.1, 0.15) is 55.8 Å². The van der Waals surface area contributed by atoms with E-state index < -0.39 is 11.6 Å². The third-order valence-corrected chi connectivity index (χ3v) is 5.31. The van der Waals surface area contributed by atoms with Gasteiger partial charge in [0, 0.05) is 36.4 Å². The predicted octanol–water partition coefficient (Wildman–Crippen LogP) is 3.57. The zero-order chi connectivity index (χ0) is 18.7. The fourth-order valence-corrected chi connectivity index (χ4v) is 3.63. The number of likely N-dealkylation sites (tertiary alicyclic amines) is 1. The largest absolute Gasteiger partial charge is 0.478 e. The summed E-state index contributed by atoms with van der Waals surface area (Å²) in [5.41, 5.74) is 0.0130. The van der Waals surface area contributed by atoms with Gasteiger partial charge in [0.15, 0.2) is 0 Å². The molecule has 0 radical (unpaired) electrons. The van der Waals surface area contributed by atoms with Gasteiger partial charge in [-0.2, -0.15) is 0 Å². The minimum Gasteiger partial charge on any atom is -0.478 e. The highest BCUT2D eigenvalue weighted by molar-refractivity contribution is 7.10. The number of thiophene rings is 1. The first-order chi connectivity index (χ1) is 11.6. The fraction of sp³-hybridized carbons (Fsp3) is 0.667. The van der Waals surface area contributed by atoms with Gasteiger partial charge in [0.2, 0.25) is 0 Å². The summed E-state index contributed by atoms with van der Waals surface area (Å²) in [6.45, 7) is 10.8. The van der Waals surface area contributed by atoms with Crippen LogP contribution in [-0.4, -0.2) is 47.3 Å². The number of carbonyl (C=O) groups excluding carboxylic acids is 1. The topological polar surface area (TPSA) is 78.9 Å². The van der Waals surface area contributed by atoms with E-state index in [2.05, 4.69) is 12.2 Å². The Kier molecular flexibility index (Phi) is 6.11. The lowest BCUT2D eigenvalue weighted by atomic mass is 9.80.